The molecule has 1 aromatic rings. The molecule has 1 aromatic heterocycles. The van der Waals surface area contributed by atoms with Crippen LogP contribution >= 0.6 is 0 Å². The van der Waals surface area contributed by atoms with Crippen LogP contribution in [0.3, 0.4) is 0 Å². The van der Waals surface area contributed by atoms with Crippen LogP contribution in [0.2, 0.25) is 0 Å². The number of pyridine rings is 1. The van der Waals surface area contributed by atoms with Crippen molar-refractivity contribution in [3.05, 3.63) is 23.5 Å². The van der Waals surface area contributed by atoms with Gasteiger partial charge in [0.2, 0.25) is 0 Å². The third kappa shape index (κ3) is 4.48. The molecule has 1 N–H and O–H groups in total. The second-order valence-electron chi connectivity index (χ2n) is 5.42. The number of hydrogen-bond donors (Lipinski definition) is 1. The Hall–Kier alpha value is -1.13. The summed E-state index contributed by atoms with van der Waals surface area (Å²) >= 11 is 0. The minimum absolute atomic E-state index is 0.249. The molecule has 1 aliphatic heterocycles. The van der Waals surface area contributed by atoms with Gasteiger partial charge in [0.15, 0.2) is 0 Å². The van der Waals surface area contributed by atoms with Gasteiger partial charge in [-0.3, -0.25) is 4.98 Å². The Balaban J connectivity index is 1.97. The van der Waals surface area contributed by atoms with Gasteiger partial charge >= 0.3 is 0 Å². The topological polar surface area (TPSA) is 43.4 Å². The zero-order valence-corrected chi connectivity index (χ0v) is 12.1. The van der Waals surface area contributed by atoms with Gasteiger partial charge in [-0.2, -0.15) is 0 Å². The molecule has 19 heavy (non-hydrogen) atoms. The maximum atomic E-state index is 5.93. The first-order valence-corrected chi connectivity index (χ1v) is 7.08. The number of rotatable bonds is 6. The number of aromatic nitrogens is 1. The average molecular weight is 264 g/mol. The molecule has 1 unspecified atom stereocenters. The summed E-state index contributed by atoms with van der Waals surface area (Å²) in [5, 5.41) is 3.40. The molecular weight excluding hydrogens is 240 g/mol. The van der Waals surface area contributed by atoms with Gasteiger partial charge < -0.3 is 14.8 Å². The largest absolute Gasteiger partial charge is 0.490 e. The molecule has 4 heteroatoms. The first-order valence-electron chi connectivity index (χ1n) is 7.08. The number of nitrogens with one attached hydrogen (secondary N) is 1. The highest BCUT2D eigenvalue weighted by Crippen LogP contribution is 2.21. The lowest BCUT2D eigenvalue weighted by Crippen LogP contribution is -2.23. The van der Waals surface area contributed by atoms with Gasteiger partial charge in [0.25, 0.3) is 0 Å². The molecule has 0 saturated carbocycles. The van der Waals surface area contributed by atoms with E-state index >= 15 is 0 Å². The van der Waals surface area contributed by atoms with Crippen molar-refractivity contribution in [2.45, 2.75) is 52.3 Å². The molecule has 1 fully saturated rings. The molecule has 0 radical (unpaired) electrons. The molecule has 1 aliphatic rings. The fraction of sp³-hybridized carbons (Fsp3) is 0.667. The first kappa shape index (κ1) is 14.3. The highest BCUT2D eigenvalue weighted by molar-refractivity contribution is 5.32. The van der Waals surface area contributed by atoms with Crippen molar-refractivity contribution in [3.8, 4) is 5.75 Å². The normalized spacial score (nSPS) is 19.1. The van der Waals surface area contributed by atoms with Crippen molar-refractivity contribution in [1.29, 1.82) is 0 Å². The predicted octanol–water partition coefficient (Wildman–Crippen LogP) is 2.45. The highest BCUT2D eigenvalue weighted by atomic mass is 16.5. The van der Waals surface area contributed by atoms with Gasteiger partial charge in [-0.1, -0.05) is 13.8 Å². The molecular formula is C15H24N2O2. The van der Waals surface area contributed by atoms with Crippen molar-refractivity contribution in [1.82, 2.24) is 10.3 Å². The fourth-order valence-electron chi connectivity index (χ4n) is 2.10. The summed E-state index contributed by atoms with van der Waals surface area (Å²) in [7, 11) is 0. The van der Waals surface area contributed by atoms with Crippen LogP contribution < -0.4 is 10.1 Å². The lowest BCUT2D eigenvalue weighted by molar-refractivity contribution is 0.0675. The SMILES string of the molecule is Cc1cc(OCC2CCCO2)c(CNC(C)C)cn1. The monoisotopic (exact) mass is 264 g/mol. The van der Waals surface area contributed by atoms with Crippen LogP contribution in [0, 0.1) is 6.92 Å². The maximum Gasteiger partial charge on any atom is 0.127 e. The number of ether oxygens (including phenoxy) is 2. The third-order valence-corrected chi connectivity index (χ3v) is 3.23. The zero-order valence-electron chi connectivity index (χ0n) is 12.1. The van der Waals surface area contributed by atoms with Crippen LogP contribution in [-0.4, -0.2) is 30.3 Å². The molecule has 4 nitrogen and oxygen atoms in total. The van der Waals surface area contributed by atoms with Crippen LogP contribution in [0.15, 0.2) is 12.3 Å². The Bertz CT molecular complexity index is 401. The van der Waals surface area contributed by atoms with E-state index in [-0.39, 0.29) is 6.10 Å². The number of nitrogens with zero attached hydrogens (tertiary/aromatic N) is 1. The Morgan fingerprint density at radius 2 is 2.37 bits per heavy atom. The second-order valence-corrected chi connectivity index (χ2v) is 5.42. The standard InChI is InChI=1S/C15H24N2O2/c1-11(2)16-8-13-9-17-12(3)7-15(13)19-10-14-5-4-6-18-14/h7,9,11,14,16H,4-6,8,10H2,1-3H3. The van der Waals surface area contributed by atoms with Crippen molar-refractivity contribution in [2.75, 3.05) is 13.2 Å². The molecule has 0 aliphatic carbocycles. The third-order valence-electron chi connectivity index (χ3n) is 3.23. The molecule has 1 saturated heterocycles. The Morgan fingerprint density at radius 3 is 3.05 bits per heavy atom. The minimum atomic E-state index is 0.249. The van der Waals surface area contributed by atoms with Crippen LogP contribution in [0.4, 0.5) is 0 Å². The van der Waals surface area contributed by atoms with E-state index < -0.39 is 0 Å². The summed E-state index contributed by atoms with van der Waals surface area (Å²) in [6, 6.07) is 2.46. The molecule has 0 amide bonds. The summed E-state index contributed by atoms with van der Waals surface area (Å²) in [5.41, 5.74) is 2.09. The van der Waals surface area contributed by atoms with E-state index in [1.165, 1.54) is 0 Å². The Labute approximate surface area is 115 Å². The molecule has 106 valence electrons. The predicted molar refractivity (Wildman–Crippen MR) is 75.4 cm³/mol. The fourth-order valence-corrected chi connectivity index (χ4v) is 2.10. The van der Waals surface area contributed by atoms with Gasteiger partial charge in [0.05, 0.1) is 6.10 Å². The van der Waals surface area contributed by atoms with Gasteiger partial charge in [-0.25, -0.2) is 0 Å². The molecule has 0 spiro atoms. The quantitative estimate of drug-likeness (QED) is 0.857. The smallest absolute Gasteiger partial charge is 0.127 e. The van der Waals surface area contributed by atoms with Crippen LogP contribution in [0.5, 0.6) is 5.75 Å². The van der Waals surface area contributed by atoms with E-state index in [0.717, 1.165) is 43.0 Å². The zero-order chi connectivity index (χ0) is 13.7. The lowest BCUT2D eigenvalue weighted by atomic mass is 10.2. The average Bonchev–Trinajstić information content (AvgIpc) is 2.88. The second kappa shape index (κ2) is 6.87. The van der Waals surface area contributed by atoms with E-state index in [1.807, 2.05) is 19.2 Å². The van der Waals surface area contributed by atoms with Crippen molar-refractivity contribution < 1.29 is 9.47 Å². The minimum Gasteiger partial charge on any atom is -0.490 e. The number of aryl methyl sites for hydroxylation is 1. The lowest BCUT2D eigenvalue weighted by Gasteiger charge is -2.16. The summed E-state index contributed by atoms with van der Waals surface area (Å²) in [4.78, 5) is 4.35. The van der Waals surface area contributed by atoms with Crippen LogP contribution in [0.25, 0.3) is 0 Å². The summed E-state index contributed by atoms with van der Waals surface area (Å²) in [6.07, 6.45) is 4.39. The van der Waals surface area contributed by atoms with E-state index in [2.05, 4.69) is 24.1 Å². The summed E-state index contributed by atoms with van der Waals surface area (Å²) < 4.78 is 11.5. The molecule has 2 heterocycles. The highest BCUT2D eigenvalue weighted by Gasteiger charge is 2.17. The van der Waals surface area contributed by atoms with Crippen LogP contribution in [0.1, 0.15) is 37.9 Å². The maximum absolute atomic E-state index is 5.93. The van der Waals surface area contributed by atoms with Gasteiger partial charge in [0, 0.05) is 42.7 Å². The Kier molecular flexibility index (Phi) is 5.16. The van der Waals surface area contributed by atoms with Crippen molar-refractivity contribution >= 4 is 0 Å². The van der Waals surface area contributed by atoms with E-state index in [9.17, 15) is 0 Å². The molecule has 1 atom stereocenters. The van der Waals surface area contributed by atoms with Gasteiger partial charge in [-0.15, -0.1) is 0 Å². The summed E-state index contributed by atoms with van der Waals surface area (Å²) in [6.45, 7) is 8.54. The molecule has 2 rings (SSSR count). The van der Waals surface area contributed by atoms with Crippen molar-refractivity contribution in [3.63, 3.8) is 0 Å². The van der Waals surface area contributed by atoms with Crippen molar-refractivity contribution in [2.24, 2.45) is 0 Å². The van der Waals surface area contributed by atoms with E-state index in [4.69, 9.17) is 9.47 Å². The summed E-state index contributed by atoms with van der Waals surface area (Å²) in [5.74, 6) is 0.927. The molecule has 0 aromatic carbocycles. The van der Waals surface area contributed by atoms with Crippen LogP contribution in [-0.2, 0) is 11.3 Å². The van der Waals surface area contributed by atoms with E-state index in [0.29, 0.717) is 12.6 Å². The Morgan fingerprint density at radius 1 is 1.53 bits per heavy atom. The van der Waals surface area contributed by atoms with Gasteiger partial charge in [0.1, 0.15) is 12.4 Å². The van der Waals surface area contributed by atoms with Gasteiger partial charge in [-0.05, 0) is 19.8 Å². The first-order chi connectivity index (χ1) is 9.15. The number of hydrogen-bond acceptors (Lipinski definition) is 4. The van der Waals surface area contributed by atoms with E-state index in [1.54, 1.807) is 0 Å². The molecule has 0 bridgehead atoms.